The Bertz CT molecular complexity index is 1250. The van der Waals surface area contributed by atoms with E-state index in [1.807, 2.05) is 6.07 Å². The van der Waals surface area contributed by atoms with Crippen LogP contribution in [0.25, 0.3) is 0 Å². The van der Waals surface area contributed by atoms with Crippen LogP contribution < -0.4 is 9.21 Å². The molecule has 162 valence electrons. The Balaban J connectivity index is 2.01. The number of sulfonamides is 1. The fourth-order valence-electron chi connectivity index (χ4n) is 3.10. The van der Waals surface area contributed by atoms with Gasteiger partial charge in [-0.1, -0.05) is 41.9 Å². The van der Waals surface area contributed by atoms with Crippen LogP contribution in [0.4, 0.5) is 11.4 Å². The number of carbonyl (C=O) groups excluding carboxylic acids is 1. The summed E-state index contributed by atoms with van der Waals surface area (Å²) in [5, 5.41) is 9.67. The summed E-state index contributed by atoms with van der Waals surface area (Å²) >= 11 is 5.93. The lowest BCUT2D eigenvalue weighted by molar-refractivity contribution is 0.0990. The van der Waals surface area contributed by atoms with E-state index < -0.39 is 15.9 Å². The molecule has 0 N–H and O–H groups in total. The summed E-state index contributed by atoms with van der Waals surface area (Å²) in [7, 11) is -4.00. The molecule has 6 nitrogen and oxygen atoms in total. The summed E-state index contributed by atoms with van der Waals surface area (Å²) in [6.45, 7) is 3.51. The first-order valence-corrected chi connectivity index (χ1v) is 11.4. The molecular formula is C24H20ClN3O3S. The summed E-state index contributed by atoms with van der Waals surface area (Å²) < 4.78 is 28.0. The molecule has 0 fully saturated rings. The number of hydrogen-bond acceptors (Lipinski definition) is 4. The lowest BCUT2D eigenvalue weighted by Crippen LogP contribution is -2.33. The standard InChI is InChI=1S/C24H20ClN3O3S/c1-2-16-28(22-13-11-20(25)12-14-22)32(30,31)23-10-6-7-19(18-23)24(29)27(17-15-26)21-8-4-3-5-9-21/h2-14,18H,1,16-17H2. The van der Waals surface area contributed by atoms with Gasteiger partial charge in [0.05, 0.1) is 23.2 Å². The maximum absolute atomic E-state index is 13.4. The van der Waals surface area contributed by atoms with Crippen LogP contribution in [0, 0.1) is 11.3 Å². The van der Waals surface area contributed by atoms with E-state index in [-0.39, 0.29) is 23.5 Å². The molecule has 0 radical (unpaired) electrons. The summed E-state index contributed by atoms with van der Waals surface area (Å²) in [5.41, 5.74) is 1.11. The first-order chi connectivity index (χ1) is 15.4. The van der Waals surface area contributed by atoms with E-state index in [2.05, 4.69) is 6.58 Å². The van der Waals surface area contributed by atoms with Gasteiger partial charge < -0.3 is 0 Å². The molecule has 0 atom stereocenters. The summed E-state index contributed by atoms with van der Waals surface area (Å²) in [6.07, 6.45) is 1.48. The van der Waals surface area contributed by atoms with Gasteiger partial charge in [-0.2, -0.15) is 5.26 Å². The largest absolute Gasteiger partial charge is 0.295 e. The molecule has 0 bridgehead atoms. The molecule has 1 amide bonds. The molecule has 3 rings (SSSR count). The number of para-hydroxylation sites is 1. The second-order valence-electron chi connectivity index (χ2n) is 6.71. The molecule has 0 aliphatic rings. The molecule has 0 saturated heterocycles. The predicted molar refractivity (Wildman–Crippen MR) is 126 cm³/mol. The fraction of sp³-hybridized carbons (Fsp3) is 0.0833. The van der Waals surface area contributed by atoms with E-state index in [9.17, 15) is 18.5 Å². The minimum atomic E-state index is -4.00. The number of carbonyl (C=O) groups is 1. The molecule has 3 aromatic rings. The van der Waals surface area contributed by atoms with Crippen LogP contribution in [-0.2, 0) is 10.0 Å². The van der Waals surface area contributed by atoms with Crippen LogP contribution in [0.1, 0.15) is 10.4 Å². The molecule has 3 aromatic carbocycles. The van der Waals surface area contributed by atoms with Gasteiger partial charge in [0.1, 0.15) is 6.54 Å². The molecule has 0 heterocycles. The zero-order valence-corrected chi connectivity index (χ0v) is 18.6. The smallest absolute Gasteiger partial charge is 0.264 e. The van der Waals surface area contributed by atoms with Crippen molar-refractivity contribution in [2.45, 2.75) is 4.90 Å². The zero-order valence-electron chi connectivity index (χ0n) is 17.1. The highest BCUT2D eigenvalue weighted by Crippen LogP contribution is 2.26. The Morgan fingerprint density at radius 1 is 1.00 bits per heavy atom. The summed E-state index contributed by atoms with van der Waals surface area (Å²) in [4.78, 5) is 14.4. The summed E-state index contributed by atoms with van der Waals surface area (Å²) in [6, 6.07) is 22.9. The van der Waals surface area contributed by atoms with E-state index in [1.165, 1.54) is 39.5 Å². The Hall–Kier alpha value is -3.60. The van der Waals surface area contributed by atoms with Crippen LogP contribution >= 0.6 is 11.6 Å². The van der Waals surface area contributed by atoms with Gasteiger partial charge in [-0.3, -0.25) is 14.0 Å². The Morgan fingerprint density at radius 2 is 1.69 bits per heavy atom. The van der Waals surface area contributed by atoms with Gasteiger partial charge in [0.2, 0.25) is 0 Å². The molecular weight excluding hydrogens is 446 g/mol. The topological polar surface area (TPSA) is 81.5 Å². The average molecular weight is 466 g/mol. The number of rotatable bonds is 8. The van der Waals surface area contributed by atoms with Crippen molar-refractivity contribution in [2.24, 2.45) is 0 Å². The molecule has 0 aliphatic carbocycles. The van der Waals surface area contributed by atoms with Gasteiger partial charge in [0.15, 0.2) is 0 Å². The number of nitriles is 1. The number of hydrogen-bond donors (Lipinski definition) is 0. The van der Waals surface area contributed by atoms with E-state index in [0.29, 0.717) is 16.4 Å². The van der Waals surface area contributed by atoms with Crippen molar-refractivity contribution in [3.63, 3.8) is 0 Å². The second-order valence-corrected chi connectivity index (χ2v) is 9.01. The van der Waals surface area contributed by atoms with E-state index >= 15 is 0 Å². The normalized spacial score (nSPS) is 10.8. The lowest BCUT2D eigenvalue weighted by Gasteiger charge is -2.24. The highest BCUT2D eigenvalue weighted by atomic mass is 35.5. The van der Waals surface area contributed by atoms with Crippen molar-refractivity contribution < 1.29 is 13.2 Å². The van der Waals surface area contributed by atoms with Gasteiger partial charge in [0, 0.05) is 16.3 Å². The van der Waals surface area contributed by atoms with E-state index in [0.717, 1.165) is 0 Å². The van der Waals surface area contributed by atoms with Crippen molar-refractivity contribution in [2.75, 3.05) is 22.3 Å². The lowest BCUT2D eigenvalue weighted by atomic mass is 10.2. The van der Waals surface area contributed by atoms with Crippen LogP contribution in [0.5, 0.6) is 0 Å². The number of anilines is 2. The van der Waals surface area contributed by atoms with Crippen molar-refractivity contribution in [1.29, 1.82) is 5.26 Å². The van der Waals surface area contributed by atoms with Crippen LogP contribution in [0.2, 0.25) is 5.02 Å². The highest BCUT2D eigenvalue weighted by Gasteiger charge is 2.26. The number of benzene rings is 3. The Labute approximate surface area is 192 Å². The monoisotopic (exact) mass is 465 g/mol. The van der Waals surface area contributed by atoms with Crippen molar-refractivity contribution >= 4 is 38.9 Å². The molecule has 0 aliphatic heterocycles. The van der Waals surface area contributed by atoms with Crippen LogP contribution in [0.15, 0.2) is 96.4 Å². The molecule has 32 heavy (non-hydrogen) atoms. The molecule has 0 spiro atoms. The number of amides is 1. The minimum absolute atomic E-state index is 0.0344. The predicted octanol–water partition coefficient (Wildman–Crippen LogP) is 4.89. The third-order valence-corrected chi connectivity index (χ3v) is 6.66. The first-order valence-electron chi connectivity index (χ1n) is 9.61. The molecule has 0 unspecified atom stereocenters. The van der Waals surface area contributed by atoms with Gasteiger partial charge in [-0.05, 0) is 54.6 Å². The van der Waals surface area contributed by atoms with Crippen LogP contribution in [-0.4, -0.2) is 27.4 Å². The highest BCUT2D eigenvalue weighted by molar-refractivity contribution is 7.92. The minimum Gasteiger partial charge on any atom is -0.295 e. The quantitative estimate of drug-likeness (QED) is 0.350. The maximum Gasteiger partial charge on any atom is 0.264 e. The molecule has 0 saturated carbocycles. The Kier molecular flexibility index (Phi) is 7.31. The van der Waals surface area contributed by atoms with Gasteiger partial charge >= 0.3 is 0 Å². The third-order valence-electron chi connectivity index (χ3n) is 4.62. The molecule has 0 aromatic heterocycles. The second kappa shape index (κ2) is 10.1. The average Bonchev–Trinajstić information content (AvgIpc) is 2.82. The van der Waals surface area contributed by atoms with E-state index in [4.69, 9.17) is 11.6 Å². The maximum atomic E-state index is 13.4. The molecule has 8 heteroatoms. The van der Waals surface area contributed by atoms with Crippen molar-refractivity contribution in [3.8, 4) is 6.07 Å². The van der Waals surface area contributed by atoms with E-state index in [1.54, 1.807) is 54.6 Å². The third kappa shape index (κ3) is 4.99. The Morgan fingerprint density at radius 3 is 2.31 bits per heavy atom. The van der Waals surface area contributed by atoms with Gasteiger partial charge in [-0.25, -0.2) is 8.42 Å². The van der Waals surface area contributed by atoms with Gasteiger partial charge in [0.25, 0.3) is 15.9 Å². The first kappa shape index (κ1) is 23.1. The van der Waals surface area contributed by atoms with Crippen molar-refractivity contribution in [3.05, 3.63) is 102 Å². The number of halogens is 1. The zero-order chi connectivity index (χ0) is 23.1. The van der Waals surface area contributed by atoms with Crippen LogP contribution in [0.3, 0.4) is 0 Å². The number of nitrogens with zero attached hydrogens (tertiary/aromatic N) is 3. The fourth-order valence-corrected chi connectivity index (χ4v) is 4.71. The summed E-state index contributed by atoms with van der Waals surface area (Å²) in [5.74, 6) is -0.475. The van der Waals surface area contributed by atoms with Crippen molar-refractivity contribution in [1.82, 2.24) is 0 Å². The van der Waals surface area contributed by atoms with Gasteiger partial charge in [-0.15, -0.1) is 6.58 Å². The SMILES string of the molecule is C=CCN(c1ccc(Cl)cc1)S(=O)(=O)c1cccc(C(=O)N(CC#N)c2ccccc2)c1.